The summed E-state index contributed by atoms with van der Waals surface area (Å²) in [5.41, 5.74) is 1.38. The lowest BCUT2D eigenvalue weighted by Gasteiger charge is -2.30. The lowest BCUT2D eigenvalue weighted by molar-refractivity contribution is -0.172. The summed E-state index contributed by atoms with van der Waals surface area (Å²) >= 11 is 5.94. The molecule has 15 nitrogen and oxygen atoms in total. The third-order valence-corrected chi connectivity index (χ3v) is 5.69. The molecule has 0 aliphatic carbocycles. The number of carbonyl (C=O) groups is 4. The van der Waals surface area contributed by atoms with Crippen molar-refractivity contribution in [1.82, 2.24) is 15.1 Å². The van der Waals surface area contributed by atoms with Gasteiger partial charge in [0.05, 0.1) is 5.52 Å². The number of H-pyrrole nitrogens is 2. The Hall–Kier alpha value is -5.18. The molecule has 0 saturated heterocycles. The summed E-state index contributed by atoms with van der Waals surface area (Å²) in [6.07, 6.45) is -3.84. The fraction of sp³-hybridized carbons (Fsp3) is 0.240. The van der Waals surface area contributed by atoms with Gasteiger partial charge in [0.1, 0.15) is 0 Å². The number of ether oxygens (including phenoxy) is 2. The monoisotopic (exact) mass is 587 g/mol. The van der Waals surface area contributed by atoms with E-state index in [-0.39, 0.29) is 35.2 Å². The number of aromatic nitrogens is 3. The van der Waals surface area contributed by atoms with Crippen LogP contribution in [0.1, 0.15) is 13.8 Å². The predicted molar refractivity (Wildman–Crippen MR) is 142 cm³/mol. The number of alkyl halides is 1. The van der Waals surface area contributed by atoms with Crippen molar-refractivity contribution >= 4 is 57.8 Å². The second-order valence-electron chi connectivity index (χ2n) is 8.44. The van der Waals surface area contributed by atoms with E-state index in [0.29, 0.717) is 11.1 Å². The molecule has 16 heteroatoms. The van der Waals surface area contributed by atoms with Gasteiger partial charge in [-0.25, -0.2) is 9.59 Å². The van der Waals surface area contributed by atoms with Crippen molar-refractivity contribution in [2.24, 2.45) is 0 Å². The molecule has 0 spiro atoms. The molecule has 4 rings (SSSR count). The van der Waals surface area contributed by atoms with Gasteiger partial charge in [0.15, 0.2) is 11.4 Å². The molecule has 0 radical (unpaired) electrons. The van der Waals surface area contributed by atoms with Gasteiger partial charge >= 0.3 is 23.5 Å². The van der Waals surface area contributed by atoms with E-state index in [1.54, 1.807) is 0 Å². The zero-order chi connectivity index (χ0) is 29.7. The smallest absolute Gasteiger partial charge is 0.439 e. The van der Waals surface area contributed by atoms with Crippen molar-refractivity contribution in [1.29, 1.82) is 0 Å². The Bertz CT molecular complexity index is 1700. The average molecular weight is 588 g/mol. The molecule has 41 heavy (non-hydrogen) atoms. The first-order valence-electron chi connectivity index (χ1n) is 11.9. The third kappa shape index (κ3) is 6.88. The van der Waals surface area contributed by atoms with Crippen molar-refractivity contribution < 1.29 is 37.6 Å². The van der Waals surface area contributed by atoms with Crippen LogP contribution in [-0.4, -0.2) is 63.5 Å². The number of carbonyl (C=O) groups excluding carboxylic acids is 4. The Balaban J connectivity index is 1.64. The maximum Gasteiger partial charge on any atom is 0.439 e. The number of benzene rings is 2. The normalized spacial score (nSPS) is 12.4. The van der Waals surface area contributed by atoms with Gasteiger partial charge in [0, 0.05) is 49.3 Å². The molecule has 2 amide bonds. The van der Waals surface area contributed by atoms with E-state index < -0.39 is 47.5 Å². The largest absolute Gasteiger partial charge is 0.448 e. The second kappa shape index (κ2) is 12.3. The fourth-order valence-electron chi connectivity index (χ4n) is 3.84. The zero-order valence-corrected chi connectivity index (χ0v) is 22.2. The molecule has 2 atom stereocenters. The Labute approximate surface area is 234 Å². The molecular weight excluding hydrogens is 566 g/mol. The summed E-state index contributed by atoms with van der Waals surface area (Å²) in [6.45, 7) is 1.92. The summed E-state index contributed by atoms with van der Waals surface area (Å²) in [6, 6.07) is 10.3. The molecule has 0 aliphatic heterocycles. The van der Waals surface area contributed by atoms with E-state index in [1.807, 2.05) is 0 Å². The highest BCUT2D eigenvalue weighted by Crippen LogP contribution is 2.24. The van der Waals surface area contributed by atoms with Crippen molar-refractivity contribution in [3.05, 3.63) is 63.6 Å². The van der Waals surface area contributed by atoms with Crippen molar-refractivity contribution in [3.63, 3.8) is 0 Å². The SMILES string of the molecule is CC(=O)O[C@@H](C(=O)Nc1ccc(-c2noc(=O)[nH]2)cc1)[C@@H](OC(C)=O)C(=O)N(CCCl)c1ccc2[nH]c(=O)oc2c1. The van der Waals surface area contributed by atoms with Crippen LogP contribution in [0.3, 0.4) is 0 Å². The van der Waals surface area contributed by atoms with Crippen LogP contribution in [0.4, 0.5) is 11.4 Å². The Morgan fingerprint density at radius 1 is 0.976 bits per heavy atom. The number of rotatable bonds is 10. The number of halogens is 1. The van der Waals surface area contributed by atoms with E-state index in [2.05, 4.69) is 25.0 Å². The average Bonchev–Trinajstić information content (AvgIpc) is 3.52. The number of fused-ring (bicyclic) bond motifs is 1. The van der Waals surface area contributed by atoms with Crippen molar-refractivity contribution in [2.45, 2.75) is 26.1 Å². The Morgan fingerprint density at radius 3 is 2.27 bits per heavy atom. The first-order valence-corrected chi connectivity index (χ1v) is 12.4. The molecule has 2 aromatic heterocycles. The minimum Gasteiger partial charge on any atom is -0.448 e. The van der Waals surface area contributed by atoms with Crippen molar-refractivity contribution in [3.8, 4) is 11.4 Å². The summed E-state index contributed by atoms with van der Waals surface area (Å²) in [5, 5.41) is 6.07. The van der Waals surface area contributed by atoms with Gasteiger partial charge in [0.2, 0.25) is 12.2 Å². The van der Waals surface area contributed by atoms with Crippen LogP contribution in [0.2, 0.25) is 0 Å². The number of oxazole rings is 1. The van der Waals surface area contributed by atoms with Gasteiger partial charge in [-0.1, -0.05) is 5.16 Å². The molecular formula is C25H22ClN5O10. The van der Waals surface area contributed by atoms with Crippen LogP contribution >= 0.6 is 11.6 Å². The van der Waals surface area contributed by atoms with Gasteiger partial charge in [-0.15, -0.1) is 11.6 Å². The quantitative estimate of drug-likeness (QED) is 0.179. The highest BCUT2D eigenvalue weighted by Gasteiger charge is 2.42. The summed E-state index contributed by atoms with van der Waals surface area (Å²) < 4.78 is 19.9. The molecule has 3 N–H and O–H groups in total. The van der Waals surface area contributed by atoms with Crippen LogP contribution < -0.4 is 21.7 Å². The maximum absolute atomic E-state index is 13.8. The van der Waals surface area contributed by atoms with Crippen LogP contribution in [0, 0.1) is 0 Å². The molecule has 0 aliphatic rings. The number of aromatic amines is 2. The Morgan fingerprint density at radius 2 is 1.66 bits per heavy atom. The number of anilines is 2. The standard InChI is InChI=1S/C25H22ClN5O10/c1-12(32)38-19(22(34)27-15-5-3-14(4-6-15)21-29-25(37)41-30-21)20(39-13(2)33)23(35)31(10-9-26)16-7-8-17-18(11-16)40-24(36)28-17/h3-8,11,19-20H,9-10H2,1-2H3,(H,27,34)(H,28,36)(H,29,30,37)/t19-,20-/m1/s1. The molecule has 0 bridgehead atoms. The van der Waals surface area contributed by atoms with Crippen LogP contribution in [0.25, 0.3) is 22.5 Å². The molecule has 0 saturated carbocycles. The summed E-state index contributed by atoms with van der Waals surface area (Å²) in [5.74, 6) is -5.16. The van der Waals surface area contributed by atoms with E-state index in [1.165, 1.54) is 42.5 Å². The van der Waals surface area contributed by atoms with Crippen molar-refractivity contribution in [2.75, 3.05) is 22.6 Å². The highest BCUT2D eigenvalue weighted by molar-refractivity contribution is 6.18. The molecule has 0 unspecified atom stereocenters. The van der Waals surface area contributed by atoms with Gasteiger partial charge in [-0.2, -0.15) is 0 Å². The van der Waals surface area contributed by atoms with E-state index in [0.717, 1.165) is 18.7 Å². The van der Waals surface area contributed by atoms with Crippen LogP contribution in [-0.2, 0) is 28.7 Å². The molecule has 214 valence electrons. The van der Waals surface area contributed by atoms with Crippen LogP contribution in [0.15, 0.2) is 61.0 Å². The first-order chi connectivity index (χ1) is 19.5. The van der Waals surface area contributed by atoms with Gasteiger partial charge in [0.25, 0.3) is 11.8 Å². The molecule has 4 aromatic rings. The van der Waals surface area contributed by atoms with E-state index in [4.69, 9.17) is 25.5 Å². The number of nitrogens with zero attached hydrogens (tertiary/aromatic N) is 2. The molecule has 2 aromatic carbocycles. The first kappa shape index (κ1) is 28.8. The van der Waals surface area contributed by atoms with E-state index in [9.17, 15) is 28.8 Å². The number of amides is 2. The minimum absolute atomic E-state index is 0.0682. The van der Waals surface area contributed by atoms with Gasteiger partial charge in [-0.3, -0.25) is 33.7 Å². The second-order valence-corrected chi connectivity index (χ2v) is 8.82. The number of hydrogen-bond donors (Lipinski definition) is 3. The summed E-state index contributed by atoms with van der Waals surface area (Å²) in [4.78, 5) is 79.8. The van der Waals surface area contributed by atoms with Gasteiger partial charge in [-0.05, 0) is 36.4 Å². The fourth-order valence-corrected chi connectivity index (χ4v) is 4.01. The minimum atomic E-state index is -1.92. The Kier molecular flexibility index (Phi) is 8.67. The number of hydrogen-bond acceptors (Lipinski definition) is 11. The lowest BCUT2D eigenvalue weighted by atomic mass is 10.1. The maximum atomic E-state index is 13.8. The third-order valence-electron chi connectivity index (χ3n) is 5.52. The molecule has 0 fully saturated rings. The zero-order valence-electron chi connectivity index (χ0n) is 21.5. The van der Waals surface area contributed by atoms with Crippen LogP contribution in [0.5, 0.6) is 0 Å². The highest BCUT2D eigenvalue weighted by atomic mass is 35.5. The lowest BCUT2D eigenvalue weighted by Crippen LogP contribution is -2.53. The predicted octanol–water partition coefficient (Wildman–Crippen LogP) is 1.54. The van der Waals surface area contributed by atoms with Gasteiger partial charge < -0.3 is 24.1 Å². The molecule has 2 heterocycles. The van der Waals surface area contributed by atoms with E-state index >= 15 is 0 Å². The number of nitrogens with one attached hydrogen (secondary N) is 3. The number of esters is 2. The topological polar surface area (TPSA) is 207 Å². The summed E-state index contributed by atoms with van der Waals surface area (Å²) in [7, 11) is 0.